The van der Waals surface area contributed by atoms with Crippen molar-refractivity contribution in [2.45, 2.75) is 19.4 Å². The summed E-state index contributed by atoms with van der Waals surface area (Å²) in [6.07, 6.45) is 0.764. The predicted molar refractivity (Wildman–Crippen MR) is 87.3 cm³/mol. The molecule has 1 atom stereocenters. The molecule has 3 rings (SSSR count). The lowest BCUT2D eigenvalue weighted by Gasteiger charge is -2.16. The molecule has 0 saturated carbocycles. The molecule has 0 fully saturated rings. The van der Waals surface area contributed by atoms with Crippen LogP contribution in [0.25, 0.3) is 11.0 Å². The predicted octanol–water partition coefficient (Wildman–Crippen LogP) is 5.14. The number of alkyl halides is 1. The van der Waals surface area contributed by atoms with Crippen LogP contribution in [0, 0.1) is 0 Å². The Morgan fingerprint density at radius 3 is 2.75 bits per heavy atom. The zero-order valence-electron chi connectivity index (χ0n) is 11.0. The highest BCUT2D eigenvalue weighted by Crippen LogP contribution is 2.32. The molecule has 0 radical (unpaired) electrons. The summed E-state index contributed by atoms with van der Waals surface area (Å²) < 4.78 is 3.08. The van der Waals surface area contributed by atoms with Crippen molar-refractivity contribution in [3.63, 3.8) is 0 Å². The third-order valence-corrected chi connectivity index (χ3v) is 4.97. The van der Waals surface area contributed by atoms with Crippen LogP contribution in [0.1, 0.15) is 23.7 Å². The molecule has 0 aliphatic carbocycles. The Kier molecular flexibility index (Phi) is 4.01. The Balaban J connectivity index is 2.15. The largest absolute Gasteiger partial charge is 0.320 e. The van der Waals surface area contributed by atoms with Crippen LogP contribution in [0.3, 0.4) is 0 Å². The van der Waals surface area contributed by atoms with Crippen molar-refractivity contribution in [3.8, 4) is 0 Å². The first-order valence-electron chi connectivity index (χ1n) is 6.47. The summed E-state index contributed by atoms with van der Waals surface area (Å²) in [5.74, 6) is 1.60. The van der Waals surface area contributed by atoms with Crippen LogP contribution in [0.15, 0.2) is 36.4 Å². The van der Waals surface area contributed by atoms with E-state index < -0.39 is 0 Å². The molecule has 5 heteroatoms. The molecule has 0 aliphatic heterocycles. The number of rotatable bonds is 4. The van der Waals surface area contributed by atoms with Gasteiger partial charge in [-0.3, -0.25) is 0 Å². The molecule has 2 heterocycles. The number of benzene rings is 1. The highest BCUT2D eigenvalue weighted by molar-refractivity contribution is 7.16. The van der Waals surface area contributed by atoms with Gasteiger partial charge >= 0.3 is 0 Å². The van der Waals surface area contributed by atoms with E-state index in [1.54, 1.807) is 11.3 Å². The standard InChI is InChI=1S/C15H14Cl2N2S/c1-10(13-6-7-14(17)20-13)19-12-5-3-2-4-11(12)18-15(19)8-9-16/h2-7,10H,8-9H2,1H3. The molecule has 1 unspecified atom stereocenters. The second-order valence-electron chi connectivity index (χ2n) is 4.64. The van der Waals surface area contributed by atoms with Crippen LogP contribution in [0.5, 0.6) is 0 Å². The van der Waals surface area contributed by atoms with E-state index in [1.165, 1.54) is 4.88 Å². The minimum absolute atomic E-state index is 0.207. The van der Waals surface area contributed by atoms with E-state index in [0.717, 1.165) is 27.6 Å². The van der Waals surface area contributed by atoms with Crippen LogP contribution in [0.4, 0.5) is 0 Å². The Bertz CT molecular complexity index is 732. The monoisotopic (exact) mass is 324 g/mol. The van der Waals surface area contributed by atoms with E-state index in [2.05, 4.69) is 23.6 Å². The summed E-state index contributed by atoms with van der Waals surface area (Å²) in [6.45, 7) is 2.17. The van der Waals surface area contributed by atoms with Gasteiger partial charge in [0.1, 0.15) is 5.82 Å². The molecular weight excluding hydrogens is 311 g/mol. The first-order chi connectivity index (χ1) is 9.70. The molecule has 104 valence electrons. The van der Waals surface area contributed by atoms with E-state index >= 15 is 0 Å². The SMILES string of the molecule is CC(c1ccc(Cl)s1)n1c(CCCl)nc2ccccc21. The molecule has 0 amide bonds. The van der Waals surface area contributed by atoms with E-state index in [0.29, 0.717) is 5.88 Å². The van der Waals surface area contributed by atoms with Gasteiger partial charge < -0.3 is 4.57 Å². The van der Waals surface area contributed by atoms with Gasteiger partial charge in [-0.15, -0.1) is 22.9 Å². The van der Waals surface area contributed by atoms with Crippen LogP contribution in [0.2, 0.25) is 4.34 Å². The maximum absolute atomic E-state index is 6.06. The van der Waals surface area contributed by atoms with Crippen molar-refractivity contribution in [1.29, 1.82) is 0 Å². The second kappa shape index (κ2) is 5.76. The first kappa shape index (κ1) is 13.9. The summed E-state index contributed by atoms with van der Waals surface area (Å²) in [5, 5.41) is 0. The summed E-state index contributed by atoms with van der Waals surface area (Å²) in [5.41, 5.74) is 2.16. The molecule has 0 N–H and O–H groups in total. The van der Waals surface area contributed by atoms with Crippen molar-refractivity contribution in [3.05, 3.63) is 51.4 Å². The van der Waals surface area contributed by atoms with Crippen molar-refractivity contribution < 1.29 is 0 Å². The summed E-state index contributed by atoms with van der Waals surface area (Å²) in [6, 6.07) is 12.4. The topological polar surface area (TPSA) is 17.8 Å². The lowest BCUT2D eigenvalue weighted by molar-refractivity contribution is 0.633. The maximum atomic E-state index is 6.06. The second-order valence-corrected chi connectivity index (χ2v) is 6.77. The van der Waals surface area contributed by atoms with Crippen molar-refractivity contribution >= 4 is 45.6 Å². The maximum Gasteiger partial charge on any atom is 0.111 e. The van der Waals surface area contributed by atoms with Gasteiger partial charge in [-0.1, -0.05) is 23.7 Å². The van der Waals surface area contributed by atoms with Crippen molar-refractivity contribution in [2.75, 3.05) is 5.88 Å². The lowest BCUT2D eigenvalue weighted by Crippen LogP contribution is -2.10. The van der Waals surface area contributed by atoms with Crippen molar-refractivity contribution in [2.24, 2.45) is 0 Å². The average Bonchev–Trinajstić information content (AvgIpc) is 3.02. The van der Waals surface area contributed by atoms with E-state index in [1.807, 2.05) is 24.3 Å². The normalized spacial score (nSPS) is 12.9. The van der Waals surface area contributed by atoms with Gasteiger partial charge in [0.15, 0.2) is 0 Å². The summed E-state index contributed by atoms with van der Waals surface area (Å²) in [4.78, 5) is 5.94. The highest BCUT2D eigenvalue weighted by atomic mass is 35.5. The number of aromatic nitrogens is 2. The van der Waals surface area contributed by atoms with Gasteiger partial charge in [-0.2, -0.15) is 0 Å². The Labute approximate surface area is 132 Å². The van der Waals surface area contributed by atoms with Crippen molar-refractivity contribution in [1.82, 2.24) is 9.55 Å². The molecule has 0 spiro atoms. The number of imidazole rings is 1. The first-order valence-corrected chi connectivity index (χ1v) is 8.20. The van der Waals surface area contributed by atoms with Crippen LogP contribution in [-0.2, 0) is 6.42 Å². The van der Waals surface area contributed by atoms with Gasteiger partial charge in [0.25, 0.3) is 0 Å². The summed E-state index contributed by atoms with van der Waals surface area (Å²) in [7, 11) is 0. The number of thiophene rings is 1. The van der Waals surface area contributed by atoms with Gasteiger partial charge in [-0.25, -0.2) is 4.98 Å². The molecule has 20 heavy (non-hydrogen) atoms. The van der Waals surface area contributed by atoms with E-state index in [-0.39, 0.29) is 6.04 Å². The van der Waals surface area contributed by atoms with Gasteiger partial charge in [0.05, 0.1) is 21.4 Å². The number of hydrogen-bond donors (Lipinski definition) is 0. The summed E-state index contributed by atoms with van der Waals surface area (Å²) >= 11 is 13.6. The number of nitrogens with zero attached hydrogens (tertiary/aromatic N) is 2. The van der Waals surface area contributed by atoms with Crippen LogP contribution >= 0.6 is 34.5 Å². The molecule has 0 bridgehead atoms. The van der Waals surface area contributed by atoms with Gasteiger partial charge in [-0.05, 0) is 31.2 Å². The number of halogens is 2. The number of hydrogen-bond acceptors (Lipinski definition) is 2. The van der Waals surface area contributed by atoms with E-state index in [9.17, 15) is 0 Å². The Morgan fingerprint density at radius 2 is 2.05 bits per heavy atom. The molecule has 0 aliphatic rings. The van der Waals surface area contributed by atoms with Gasteiger partial charge in [0, 0.05) is 17.2 Å². The smallest absolute Gasteiger partial charge is 0.111 e. The van der Waals surface area contributed by atoms with Gasteiger partial charge in [0.2, 0.25) is 0 Å². The number of para-hydroxylation sites is 2. The molecular formula is C15H14Cl2N2S. The number of aryl methyl sites for hydroxylation is 1. The Morgan fingerprint density at radius 1 is 1.25 bits per heavy atom. The molecule has 2 aromatic heterocycles. The zero-order chi connectivity index (χ0) is 14.1. The molecule has 1 aromatic carbocycles. The fraction of sp³-hybridized carbons (Fsp3) is 0.267. The van der Waals surface area contributed by atoms with Crippen LogP contribution in [-0.4, -0.2) is 15.4 Å². The molecule has 3 aromatic rings. The highest BCUT2D eigenvalue weighted by Gasteiger charge is 2.18. The minimum Gasteiger partial charge on any atom is -0.320 e. The third kappa shape index (κ3) is 2.46. The fourth-order valence-electron chi connectivity index (χ4n) is 2.47. The minimum atomic E-state index is 0.207. The molecule has 2 nitrogen and oxygen atoms in total. The number of fused-ring (bicyclic) bond motifs is 1. The molecule has 0 saturated heterocycles. The zero-order valence-corrected chi connectivity index (χ0v) is 13.3. The van der Waals surface area contributed by atoms with Crippen LogP contribution < -0.4 is 0 Å². The lowest BCUT2D eigenvalue weighted by atomic mass is 10.2. The Hall–Kier alpha value is -1.03. The average molecular weight is 325 g/mol. The van der Waals surface area contributed by atoms with E-state index in [4.69, 9.17) is 28.2 Å². The quantitative estimate of drug-likeness (QED) is 0.607. The third-order valence-electron chi connectivity index (χ3n) is 3.38. The fourth-order valence-corrected chi connectivity index (χ4v) is 3.74.